The average molecular weight is 156 g/mol. The zero-order valence-electron chi connectivity index (χ0n) is 5.11. The fraction of sp³-hybridized carbons (Fsp3) is 0. The number of aromatic nitrogens is 3. The number of hydrogen-bond acceptors (Lipinski definition) is 2. The zero-order valence-corrected chi connectivity index (χ0v) is 5.93. The molecule has 10 heavy (non-hydrogen) atoms. The van der Waals surface area contributed by atoms with Gasteiger partial charge >= 0.3 is 0 Å². The summed E-state index contributed by atoms with van der Waals surface area (Å²) in [5.41, 5.74) is 0.914. The van der Waals surface area contributed by atoms with E-state index < -0.39 is 0 Å². The molecule has 2 rings (SSSR count). The maximum atomic E-state index is 3.93. The quantitative estimate of drug-likeness (QED) is 0.625. The molecule has 0 aliphatic carbocycles. The van der Waals surface area contributed by atoms with E-state index in [1.807, 2.05) is 12.3 Å². The third-order valence-electron chi connectivity index (χ3n) is 1.24. The first-order valence-electron chi connectivity index (χ1n) is 2.70. The average Bonchev–Trinajstić information content (AvgIpc) is 2.33. The molecular weight excluding hydrogens is 150 g/mol. The zero-order chi connectivity index (χ0) is 6.10. The summed E-state index contributed by atoms with van der Waals surface area (Å²) >= 11 is 0. The van der Waals surface area contributed by atoms with Gasteiger partial charge in [-0.25, -0.2) is 0 Å². The molecule has 4 heteroatoms. The number of halogens is 1. The molecule has 0 spiro atoms. The van der Waals surface area contributed by atoms with E-state index in [2.05, 4.69) is 15.2 Å². The first-order valence-corrected chi connectivity index (χ1v) is 2.70. The number of nitrogens with one attached hydrogen (secondary N) is 1. The van der Waals surface area contributed by atoms with E-state index in [-0.39, 0.29) is 12.4 Å². The van der Waals surface area contributed by atoms with E-state index in [0.29, 0.717) is 0 Å². The summed E-state index contributed by atoms with van der Waals surface area (Å²) in [7, 11) is 0. The van der Waals surface area contributed by atoms with Gasteiger partial charge in [0.25, 0.3) is 0 Å². The van der Waals surface area contributed by atoms with Gasteiger partial charge in [0.05, 0.1) is 6.20 Å². The van der Waals surface area contributed by atoms with Gasteiger partial charge in [-0.3, -0.25) is 10.1 Å². The largest absolute Gasteiger partial charge is 0.284 e. The van der Waals surface area contributed by atoms with Crippen molar-refractivity contribution < 1.29 is 0 Å². The van der Waals surface area contributed by atoms with E-state index in [9.17, 15) is 0 Å². The molecule has 0 aliphatic heterocycles. The van der Waals surface area contributed by atoms with Crippen LogP contribution in [0.4, 0.5) is 0 Å². The number of fused-ring (bicyclic) bond motifs is 1. The Morgan fingerprint density at radius 2 is 2.30 bits per heavy atom. The smallest absolute Gasteiger partial charge is 0.110 e. The lowest BCUT2D eigenvalue weighted by atomic mass is 10.3. The first kappa shape index (κ1) is 7.02. The summed E-state index contributed by atoms with van der Waals surface area (Å²) in [5.74, 6) is 0. The highest BCUT2D eigenvalue weighted by Gasteiger charge is 1.89. The summed E-state index contributed by atoms with van der Waals surface area (Å²) < 4.78 is 0. The van der Waals surface area contributed by atoms with Crippen molar-refractivity contribution >= 4 is 23.3 Å². The second kappa shape index (κ2) is 2.66. The highest BCUT2D eigenvalue weighted by Crippen LogP contribution is 2.04. The van der Waals surface area contributed by atoms with Crippen molar-refractivity contribution in [2.45, 2.75) is 0 Å². The van der Waals surface area contributed by atoms with Crippen molar-refractivity contribution in [2.75, 3.05) is 0 Å². The van der Waals surface area contributed by atoms with Gasteiger partial charge in [-0.2, -0.15) is 5.10 Å². The molecule has 0 aromatic carbocycles. The Kier molecular flexibility index (Phi) is 1.87. The van der Waals surface area contributed by atoms with Crippen LogP contribution in [-0.4, -0.2) is 15.2 Å². The molecule has 0 radical (unpaired) electrons. The number of H-pyrrole nitrogens is 1. The minimum atomic E-state index is 0. The van der Waals surface area contributed by atoms with E-state index in [4.69, 9.17) is 0 Å². The molecule has 0 unspecified atom stereocenters. The van der Waals surface area contributed by atoms with Crippen LogP contribution in [0, 0.1) is 0 Å². The Labute approximate surface area is 63.9 Å². The van der Waals surface area contributed by atoms with Crippen LogP contribution in [0.3, 0.4) is 0 Å². The summed E-state index contributed by atoms with van der Waals surface area (Å²) in [6.45, 7) is 0. The SMILES string of the molecule is Cl.c1cc2c[nH]nc2cn1. The van der Waals surface area contributed by atoms with Gasteiger partial charge < -0.3 is 0 Å². The van der Waals surface area contributed by atoms with Gasteiger partial charge in [0.2, 0.25) is 0 Å². The Balaban J connectivity index is 0.000000500. The summed E-state index contributed by atoms with van der Waals surface area (Å²) in [6.07, 6.45) is 5.32. The van der Waals surface area contributed by atoms with Crippen LogP contribution < -0.4 is 0 Å². The van der Waals surface area contributed by atoms with Crippen LogP contribution in [0.1, 0.15) is 0 Å². The molecule has 2 aromatic heterocycles. The van der Waals surface area contributed by atoms with E-state index >= 15 is 0 Å². The number of pyridine rings is 1. The van der Waals surface area contributed by atoms with Crippen LogP contribution in [0.2, 0.25) is 0 Å². The van der Waals surface area contributed by atoms with Gasteiger partial charge in [0.15, 0.2) is 0 Å². The van der Waals surface area contributed by atoms with Gasteiger partial charge in [0.1, 0.15) is 5.52 Å². The number of hydrogen-bond donors (Lipinski definition) is 1. The molecule has 0 saturated heterocycles. The molecule has 2 aromatic rings. The molecule has 0 bridgehead atoms. The molecule has 0 aliphatic rings. The molecule has 0 fully saturated rings. The molecule has 0 amide bonds. The van der Waals surface area contributed by atoms with Crippen molar-refractivity contribution in [1.82, 2.24) is 15.2 Å². The Morgan fingerprint density at radius 3 is 3.10 bits per heavy atom. The predicted molar refractivity (Wildman–Crippen MR) is 41.1 cm³/mol. The van der Waals surface area contributed by atoms with Crippen molar-refractivity contribution in [3.63, 3.8) is 0 Å². The lowest BCUT2D eigenvalue weighted by molar-refractivity contribution is 1.11. The topological polar surface area (TPSA) is 41.6 Å². The normalized spacial score (nSPS) is 9.20. The summed E-state index contributed by atoms with van der Waals surface area (Å²) in [4.78, 5) is 3.90. The lowest BCUT2D eigenvalue weighted by Crippen LogP contribution is -1.69. The van der Waals surface area contributed by atoms with E-state index in [0.717, 1.165) is 10.9 Å². The number of rotatable bonds is 0. The van der Waals surface area contributed by atoms with Crippen LogP contribution in [0.25, 0.3) is 10.9 Å². The minimum Gasteiger partial charge on any atom is -0.284 e. The second-order valence-electron chi connectivity index (χ2n) is 1.82. The van der Waals surface area contributed by atoms with Crippen molar-refractivity contribution in [2.24, 2.45) is 0 Å². The fourth-order valence-corrected chi connectivity index (χ4v) is 0.784. The van der Waals surface area contributed by atoms with Crippen molar-refractivity contribution in [3.05, 3.63) is 24.7 Å². The third-order valence-corrected chi connectivity index (χ3v) is 1.24. The minimum absolute atomic E-state index is 0. The molecule has 0 atom stereocenters. The molecule has 0 saturated carbocycles. The molecular formula is C6H6ClN3. The Hall–Kier alpha value is -1.09. The predicted octanol–water partition coefficient (Wildman–Crippen LogP) is 1.38. The lowest BCUT2D eigenvalue weighted by Gasteiger charge is -1.79. The van der Waals surface area contributed by atoms with E-state index in [1.165, 1.54) is 0 Å². The monoisotopic (exact) mass is 155 g/mol. The second-order valence-corrected chi connectivity index (χ2v) is 1.82. The maximum Gasteiger partial charge on any atom is 0.110 e. The number of aromatic amines is 1. The molecule has 3 nitrogen and oxygen atoms in total. The van der Waals surface area contributed by atoms with Gasteiger partial charge in [-0.05, 0) is 6.07 Å². The van der Waals surface area contributed by atoms with Crippen LogP contribution in [0.15, 0.2) is 24.7 Å². The van der Waals surface area contributed by atoms with Gasteiger partial charge in [-0.15, -0.1) is 12.4 Å². The van der Waals surface area contributed by atoms with E-state index in [1.54, 1.807) is 12.4 Å². The molecule has 1 N–H and O–H groups in total. The Bertz CT molecular complexity index is 287. The fourth-order valence-electron chi connectivity index (χ4n) is 0.784. The van der Waals surface area contributed by atoms with Gasteiger partial charge in [0, 0.05) is 17.8 Å². The Morgan fingerprint density at radius 1 is 1.40 bits per heavy atom. The molecule has 2 heterocycles. The maximum absolute atomic E-state index is 3.93. The van der Waals surface area contributed by atoms with Crippen LogP contribution in [-0.2, 0) is 0 Å². The first-order chi connectivity index (χ1) is 4.47. The summed E-state index contributed by atoms with van der Waals surface area (Å²) in [6, 6.07) is 1.92. The van der Waals surface area contributed by atoms with Crippen molar-refractivity contribution in [1.29, 1.82) is 0 Å². The van der Waals surface area contributed by atoms with Crippen LogP contribution >= 0.6 is 12.4 Å². The molecule has 52 valence electrons. The van der Waals surface area contributed by atoms with Crippen LogP contribution in [0.5, 0.6) is 0 Å². The number of nitrogens with zero attached hydrogens (tertiary/aromatic N) is 2. The van der Waals surface area contributed by atoms with Gasteiger partial charge in [-0.1, -0.05) is 0 Å². The highest BCUT2D eigenvalue weighted by molar-refractivity contribution is 5.85. The van der Waals surface area contributed by atoms with Crippen molar-refractivity contribution in [3.8, 4) is 0 Å². The summed E-state index contributed by atoms with van der Waals surface area (Å²) in [5, 5.41) is 7.78. The third kappa shape index (κ3) is 0.953. The standard InChI is InChI=1S/C6H5N3.ClH/c1-2-7-4-6-5(1)3-8-9-6;/h1-4H,(H,8,9);1H. The highest BCUT2D eigenvalue weighted by atomic mass is 35.5.